The van der Waals surface area contributed by atoms with Gasteiger partial charge in [-0.05, 0) is 44.0 Å². The van der Waals surface area contributed by atoms with Crippen molar-refractivity contribution in [1.82, 2.24) is 5.32 Å². The van der Waals surface area contributed by atoms with Gasteiger partial charge in [-0.25, -0.2) is 0 Å². The highest BCUT2D eigenvalue weighted by atomic mass is 79.9. The molecule has 0 saturated carbocycles. The van der Waals surface area contributed by atoms with Crippen LogP contribution in [0.15, 0.2) is 22.7 Å². The van der Waals surface area contributed by atoms with Crippen molar-refractivity contribution in [2.24, 2.45) is 5.92 Å². The van der Waals surface area contributed by atoms with Crippen LogP contribution in [0.1, 0.15) is 29.3 Å². The van der Waals surface area contributed by atoms with Gasteiger partial charge in [0.15, 0.2) is 0 Å². The zero-order valence-corrected chi connectivity index (χ0v) is 12.3. The van der Waals surface area contributed by atoms with Gasteiger partial charge in [-0.15, -0.1) is 0 Å². The summed E-state index contributed by atoms with van der Waals surface area (Å²) in [7, 11) is 0. The van der Waals surface area contributed by atoms with E-state index in [0.717, 1.165) is 29.7 Å². The molecule has 1 N–H and O–H groups in total. The predicted molar refractivity (Wildman–Crippen MR) is 74.7 cm³/mol. The second kappa shape index (κ2) is 5.85. The first kappa shape index (κ1) is 13.6. The molecule has 1 heterocycles. The summed E-state index contributed by atoms with van der Waals surface area (Å²) in [5, 5.41) is 3.05. The second-order valence-electron chi connectivity index (χ2n) is 4.85. The van der Waals surface area contributed by atoms with Crippen LogP contribution in [0.25, 0.3) is 0 Å². The standard InChI is InChI=1S/C14H18BrNO2/c1-9-7-11(3-4-13(9)15)14(17)16-10(2)12-5-6-18-8-12/h3-4,7,10,12H,5-6,8H2,1-2H3,(H,16,17). The fraction of sp³-hybridized carbons (Fsp3) is 0.500. The van der Waals surface area contributed by atoms with Crippen LogP contribution in [0.3, 0.4) is 0 Å². The first-order chi connectivity index (χ1) is 8.58. The Bertz CT molecular complexity index is 441. The fourth-order valence-corrected chi connectivity index (χ4v) is 2.39. The van der Waals surface area contributed by atoms with Crippen molar-refractivity contribution in [3.63, 3.8) is 0 Å². The van der Waals surface area contributed by atoms with Crippen molar-refractivity contribution in [2.45, 2.75) is 26.3 Å². The van der Waals surface area contributed by atoms with Gasteiger partial charge < -0.3 is 10.1 Å². The molecule has 2 atom stereocenters. The van der Waals surface area contributed by atoms with Gasteiger partial charge in [0, 0.05) is 28.6 Å². The van der Waals surface area contributed by atoms with Gasteiger partial charge in [0.05, 0.1) is 6.61 Å². The van der Waals surface area contributed by atoms with E-state index in [1.807, 2.05) is 32.0 Å². The predicted octanol–water partition coefficient (Wildman–Crippen LogP) is 2.91. The number of benzene rings is 1. The number of hydrogen-bond acceptors (Lipinski definition) is 2. The van der Waals surface area contributed by atoms with Crippen LogP contribution in [0.2, 0.25) is 0 Å². The van der Waals surface area contributed by atoms with Gasteiger partial charge in [0.25, 0.3) is 5.91 Å². The van der Waals surface area contributed by atoms with Crippen LogP contribution in [0.4, 0.5) is 0 Å². The average molecular weight is 312 g/mol. The monoisotopic (exact) mass is 311 g/mol. The summed E-state index contributed by atoms with van der Waals surface area (Å²) in [4.78, 5) is 12.1. The summed E-state index contributed by atoms with van der Waals surface area (Å²) in [5.41, 5.74) is 1.78. The Morgan fingerprint density at radius 3 is 2.94 bits per heavy atom. The molecule has 1 saturated heterocycles. The highest BCUT2D eigenvalue weighted by molar-refractivity contribution is 9.10. The molecule has 4 heteroatoms. The smallest absolute Gasteiger partial charge is 0.251 e. The highest BCUT2D eigenvalue weighted by Crippen LogP contribution is 2.19. The summed E-state index contributed by atoms with van der Waals surface area (Å²) < 4.78 is 6.37. The van der Waals surface area contributed by atoms with E-state index < -0.39 is 0 Å². The molecule has 1 amide bonds. The molecule has 0 aromatic heterocycles. The van der Waals surface area contributed by atoms with Crippen LogP contribution in [-0.4, -0.2) is 25.2 Å². The molecule has 1 aliphatic heterocycles. The van der Waals surface area contributed by atoms with E-state index in [1.165, 1.54) is 0 Å². The van der Waals surface area contributed by atoms with Crippen molar-refractivity contribution in [3.05, 3.63) is 33.8 Å². The quantitative estimate of drug-likeness (QED) is 0.932. The van der Waals surface area contributed by atoms with Gasteiger partial charge in [-0.1, -0.05) is 15.9 Å². The van der Waals surface area contributed by atoms with Crippen molar-refractivity contribution in [1.29, 1.82) is 0 Å². The van der Waals surface area contributed by atoms with Gasteiger partial charge >= 0.3 is 0 Å². The molecule has 1 aromatic rings. The summed E-state index contributed by atoms with van der Waals surface area (Å²) in [5.74, 6) is 0.426. The van der Waals surface area contributed by atoms with Crippen LogP contribution in [0, 0.1) is 12.8 Å². The second-order valence-corrected chi connectivity index (χ2v) is 5.70. The fourth-order valence-electron chi connectivity index (χ4n) is 2.14. The molecule has 2 rings (SSSR count). The van der Waals surface area contributed by atoms with Crippen LogP contribution in [-0.2, 0) is 4.74 Å². The largest absolute Gasteiger partial charge is 0.381 e. The van der Waals surface area contributed by atoms with Crippen molar-refractivity contribution in [3.8, 4) is 0 Å². The first-order valence-electron chi connectivity index (χ1n) is 6.22. The molecule has 0 bridgehead atoms. The Balaban J connectivity index is 2.00. The van der Waals surface area contributed by atoms with E-state index >= 15 is 0 Å². The molecule has 0 radical (unpaired) electrons. The number of hydrogen-bond donors (Lipinski definition) is 1. The Morgan fingerprint density at radius 2 is 2.33 bits per heavy atom. The molecule has 2 unspecified atom stereocenters. The molecular weight excluding hydrogens is 294 g/mol. The topological polar surface area (TPSA) is 38.3 Å². The van der Waals surface area contributed by atoms with Crippen molar-refractivity contribution in [2.75, 3.05) is 13.2 Å². The van der Waals surface area contributed by atoms with Crippen LogP contribution < -0.4 is 5.32 Å². The minimum Gasteiger partial charge on any atom is -0.381 e. The minimum absolute atomic E-state index is 0.00926. The summed E-state index contributed by atoms with van der Waals surface area (Å²) >= 11 is 3.43. The lowest BCUT2D eigenvalue weighted by Gasteiger charge is -2.19. The number of carbonyl (C=O) groups excluding carboxylic acids is 1. The Labute approximate surface area is 116 Å². The maximum Gasteiger partial charge on any atom is 0.251 e. The van der Waals surface area contributed by atoms with Crippen molar-refractivity contribution >= 4 is 21.8 Å². The van der Waals surface area contributed by atoms with E-state index in [1.54, 1.807) is 0 Å². The lowest BCUT2D eigenvalue weighted by Crippen LogP contribution is -2.38. The van der Waals surface area contributed by atoms with Gasteiger partial charge in [-0.3, -0.25) is 4.79 Å². The molecular formula is C14H18BrNO2. The van der Waals surface area contributed by atoms with Crippen LogP contribution in [0.5, 0.6) is 0 Å². The Hall–Kier alpha value is -0.870. The SMILES string of the molecule is Cc1cc(C(=O)NC(C)C2CCOC2)ccc1Br. The lowest BCUT2D eigenvalue weighted by atomic mass is 10.0. The molecule has 0 spiro atoms. The number of amides is 1. The number of carbonyl (C=O) groups is 1. The Kier molecular flexibility index (Phi) is 4.40. The number of nitrogens with one attached hydrogen (secondary N) is 1. The number of halogens is 1. The zero-order chi connectivity index (χ0) is 13.1. The van der Waals surface area contributed by atoms with E-state index in [0.29, 0.717) is 11.5 Å². The highest BCUT2D eigenvalue weighted by Gasteiger charge is 2.23. The maximum absolute atomic E-state index is 12.1. The third-order valence-corrected chi connectivity index (χ3v) is 4.34. The summed E-state index contributed by atoms with van der Waals surface area (Å²) in [6.45, 7) is 5.58. The van der Waals surface area contributed by atoms with Gasteiger partial charge in [-0.2, -0.15) is 0 Å². The van der Waals surface area contributed by atoms with E-state index in [9.17, 15) is 4.79 Å². The summed E-state index contributed by atoms with van der Waals surface area (Å²) in [6, 6.07) is 5.80. The summed E-state index contributed by atoms with van der Waals surface area (Å²) in [6.07, 6.45) is 1.03. The Morgan fingerprint density at radius 1 is 1.56 bits per heavy atom. The number of aryl methyl sites for hydroxylation is 1. The number of rotatable bonds is 3. The zero-order valence-electron chi connectivity index (χ0n) is 10.7. The van der Waals surface area contributed by atoms with E-state index in [2.05, 4.69) is 21.2 Å². The maximum atomic E-state index is 12.1. The molecule has 18 heavy (non-hydrogen) atoms. The number of ether oxygens (including phenoxy) is 1. The average Bonchev–Trinajstić information content (AvgIpc) is 2.86. The van der Waals surface area contributed by atoms with Crippen LogP contribution >= 0.6 is 15.9 Å². The third-order valence-electron chi connectivity index (χ3n) is 3.45. The molecule has 3 nitrogen and oxygen atoms in total. The molecule has 1 fully saturated rings. The minimum atomic E-state index is -0.00926. The first-order valence-corrected chi connectivity index (χ1v) is 7.02. The third kappa shape index (κ3) is 3.12. The van der Waals surface area contributed by atoms with E-state index in [4.69, 9.17) is 4.74 Å². The van der Waals surface area contributed by atoms with Gasteiger partial charge in [0.2, 0.25) is 0 Å². The van der Waals surface area contributed by atoms with Gasteiger partial charge in [0.1, 0.15) is 0 Å². The molecule has 1 aromatic carbocycles. The molecule has 1 aliphatic rings. The van der Waals surface area contributed by atoms with Crippen molar-refractivity contribution < 1.29 is 9.53 Å². The van der Waals surface area contributed by atoms with E-state index in [-0.39, 0.29) is 11.9 Å². The molecule has 0 aliphatic carbocycles. The normalized spacial score (nSPS) is 20.7. The molecule has 98 valence electrons. The lowest BCUT2D eigenvalue weighted by molar-refractivity contribution is 0.0922.